The molecule has 1 aromatic heterocycles. The molecule has 0 saturated carbocycles. The number of hydrogen-bond acceptors (Lipinski definition) is 2. The van der Waals surface area contributed by atoms with Crippen molar-refractivity contribution in [2.75, 3.05) is 0 Å². The molecule has 0 atom stereocenters. The number of aryl methyl sites for hydroxylation is 1. The summed E-state index contributed by atoms with van der Waals surface area (Å²) in [5, 5.41) is 8.72. The number of unbranched alkanes of at least 4 members (excludes halogenated alkanes) is 4. The predicted molar refractivity (Wildman–Crippen MR) is 113 cm³/mol. The van der Waals surface area contributed by atoms with Gasteiger partial charge in [-0.1, -0.05) is 79.9 Å². The number of rotatable bonds is 10. The highest BCUT2D eigenvalue weighted by atomic mass is 16.4. The van der Waals surface area contributed by atoms with E-state index in [1.54, 1.807) is 0 Å². The number of imidazole rings is 1. The third kappa shape index (κ3) is 5.10. The number of nitrogens with zero attached hydrogens (tertiary/aromatic N) is 2. The SMILES string of the molecule is Cc1nc(-c2ccccc2)c(-c2ccccc2)n1CCCCCCCC(=O)O. The van der Waals surface area contributed by atoms with Gasteiger partial charge in [-0.15, -0.1) is 0 Å². The van der Waals surface area contributed by atoms with Crippen LogP contribution in [-0.4, -0.2) is 20.6 Å². The van der Waals surface area contributed by atoms with Gasteiger partial charge in [0.1, 0.15) is 5.82 Å². The molecule has 0 aliphatic rings. The summed E-state index contributed by atoms with van der Waals surface area (Å²) in [6, 6.07) is 20.8. The van der Waals surface area contributed by atoms with Crippen LogP contribution in [0.4, 0.5) is 0 Å². The Morgan fingerprint density at radius 3 is 2.07 bits per heavy atom. The van der Waals surface area contributed by atoms with Gasteiger partial charge in [0.05, 0.1) is 11.4 Å². The molecule has 0 saturated heterocycles. The first kappa shape index (κ1) is 19.9. The topological polar surface area (TPSA) is 55.1 Å². The van der Waals surface area contributed by atoms with E-state index in [0.717, 1.165) is 55.7 Å². The van der Waals surface area contributed by atoms with Gasteiger partial charge in [-0.05, 0) is 19.8 Å². The van der Waals surface area contributed by atoms with Gasteiger partial charge < -0.3 is 9.67 Å². The third-order valence-electron chi connectivity index (χ3n) is 5.03. The molecule has 3 rings (SSSR count). The maximum atomic E-state index is 10.6. The van der Waals surface area contributed by atoms with Crippen LogP contribution in [-0.2, 0) is 11.3 Å². The predicted octanol–water partition coefficient (Wildman–Crippen LogP) is 5.95. The van der Waals surface area contributed by atoms with Crippen molar-refractivity contribution in [1.82, 2.24) is 9.55 Å². The molecule has 0 fully saturated rings. The summed E-state index contributed by atoms with van der Waals surface area (Å²) < 4.78 is 2.33. The van der Waals surface area contributed by atoms with Crippen LogP contribution in [0.3, 0.4) is 0 Å². The fraction of sp³-hybridized carbons (Fsp3) is 0.333. The Hall–Kier alpha value is -2.88. The molecule has 0 spiro atoms. The van der Waals surface area contributed by atoms with E-state index in [2.05, 4.69) is 60.0 Å². The molecule has 0 radical (unpaired) electrons. The molecule has 0 aliphatic carbocycles. The van der Waals surface area contributed by atoms with Crippen LogP contribution in [0.1, 0.15) is 44.3 Å². The lowest BCUT2D eigenvalue weighted by Gasteiger charge is -2.12. The van der Waals surface area contributed by atoms with Crippen molar-refractivity contribution in [3.05, 3.63) is 66.5 Å². The van der Waals surface area contributed by atoms with Crippen molar-refractivity contribution < 1.29 is 9.90 Å². The summed E-state index contributed by atoms with van der Waals surface area (Å²) >= 11 is 0. The third-order valence-corrected chi connectivity index (χ3v) is 5.03. The highest BCUT2D eigenvalue weighted by Crippen LogP contribution is 2.33. The fourth-order valence-electron chi connectivity index (χ4n) is 3.60. The molecule has 0 amide bonds. The first-order chi connectivity index (χ1) is 13.7. The van der Waals surface area contributed by atoms with E-state index >= 15 is 0 Å². The van der Waals surface area contributed by atoms with Crippen LogP contribution >= 0.6 is 0 Å². The van der Waals surface area contributed by atoms with E-state index in [1.807, 2.05) is 12.1 Å². The normalized spacial score (nSPS) is 10.9. The maximum Gasteiger partial charge on any atom is 0.303 e. The summed E-state index contributed by atoms with van der Waals surface area (Å²) in [7, 11) is 0. The van der Waals surface area contributed by atoms with Crippen LogP contribution < -0.4 is 0 Å². The van der Waals surface area contributed by atoms with Gasteiger partial charge in [-0.3, -0.25) is 4.79 Å². The number of benzene rings is 2. The van der Waals surface area contributed by atoms with E-state index in [0.29, 0.717) is 0 Å². The van der Waals surface area contributed by atoms with Crippen molar-refractivity contribution in [3.8, 4) is 22.5 Å². The number of carboxylic acid groups (broad SMARTS) is 1. The molecular formula is C24H28N2O2. The van der Waals surface area contributed by atoms with Crippen molar-refractivity contribution in [2.45, 2.75) is 52.0 Å². The maximum absolute atomic E-state index is 10.6. The lowest BCUT2D eigenvalue weighted by Crippen LogP contribution is -2.03. The number of carbonyl (C=O) groups is 1. The minimum atomic E-state index is -0.699. The standard InChI is InChI=1S/C24H28N2O2/c1-19-25-23(20-13-7-5-8-14-20)24(21-15-9-6-10-16-21)26(19)18-12-4-2-3-11-17-22(27)28/h5-10,13-16H,2-4,11-12,17-18H2,1H3,(H,27,28). The highest BCUT2D eigenvalue weighted by molar-refractivity contribution is 5.79. The number of aliphatic carboxylic acids is 1. The molecule has 0 bridgehead atoms. The Kier molecular flexibility index (Phi) is 7.01. The van der Waals surface area contributed by atoms with Gasteiger partial charge in [-0.2, -0.15) is 0 Å². The largest absolute Gasteiger partial charge is 0.481 e. The number of aromatic nitrogens is 2. The zero-order valence-electron chi connectivity index (χ0n) is 16.5. The van der Waals surface area contributed by atoms with E-state index in [1.165, 1.54) is 11.3 Å². The summed E-state index contributed by atoms with van der Waals surface area (Å²) in [6.07, 6.45) is 5.28. The van der Waals surface area contributed by atoms with E-state index in [-0.39, 0.29) is 6.42 Å². The molecule has 146 valence electrons. The minimum absolute atomic E-state index is 0.277. The summed E-state index contributed by atoms with van der Waals surface area (Å²) in [4.78, 5) is 15.5. The summed E-state index contributed by atoms with van der Waals surface area (Å²) in [5.74, 6) is 0.332. The van der Waals surface area contributed by atoms with Crippen molar-refractivity contribution in [3.63, 3.8) is 0 Å². The monoisotopic (exact) mass is 376 g/mol. The summed E-state index contributed by atoms with van der Waals surface area (Å²) in [6.45, 7) is 3.00. The van der Waals surface area contributed by atoms with E-state index < -0.39 is 5.97 Å². The first-order valence-corrected chi connectivity index (χ1v) is 10.1. The second-order valence-electron chi connectivity index (χ2n) is 7.15. The minimum Gasteiger partial charge on any atom is -0.481 e. The number of hydrogen-bond donors (Lipinski definition) is 1. The molecule has 0 aliphatic heterocycles. The fourth-order valence-corrected chi connectivity index (χ4v) is 3.60. The lowest BCUT2D eigenvalue weighted by molar-refractivity contribution is -0.137. The van der Waals surface area contributed by atoms with Gasteiger partial charge in [-0.25, -0.2) is 4.98 Å². The molecule has 3 aromatic rings. The first-order valence-electron chi connectivity index (χ1n) is 10.1. The lowest BCUT2D eigenvalue weighted by atomic mass is 10.0. The van der Waals surface area contributed by atoms with Gasteiger partial charge in [0.2, 0.25) is 0 Å². The van der Waals surface area contributed by atoms with Crippen molar-refractivity contribution in [1.29, 1.82) is 0 Å². The Labute approximate surface area is 166 Å². The smallest absolute Gasteiger partial charge is 0.303 e. The quantitative estimate of drug-likeness (QED) is 0.445. The zero-order valence-corrected chi connectivity index (χ0v) is 16.5. The van der Waals surface area contributed by atoms with Gasteiger partial charge in [0.25, 0.3) is 0 Å². The van der Waals surface area contributed by atoms with E-state index in [4.69, 9.17) is 10.1 Å². The second kappa shape index (κ2) is 9.88. The average molecular weight is 377 g/mol. The molecular weight excluding hydrogens is 348 g/mol. The molecule has 2 aromatic carbocycles. The van der Waals surface area contributed by atoms with Crippen LogP contribution in [0.2, 0.25) is 0 Å². The van der Waals surface area contributed by atoms with E-state index in [9.17, 15) is 4.79 Å². The molecule has 28 heavy (non-hydrogen) atoms. The molecule has 4 heteroatoms. The van der Waals surface area contributed by atoms with Gasteiger partial charge >= 0.3 is 5.97 Å². The molecule has 0 unspecified atom stereocenters. The zero-order chi connectivity index (χ0) is 19.8. The Bertz CT molecular complexity index is 886. The Morgan fingerprint density at radius 2 is 1.43 bits per heavy atom. The van der Waals surface area contributed by atoms with Gasteiger partial charge in [0.15, 0.2) is 0 Å². The van der Waals surface area contributed by atoms with Crippen molar-refractivity contribution >= 4 is 5.97 Å². The second-order valence-corrected chi connectivity index (χ2v) is 7.15. The van der Waals surface area contributed by atoms with Crippen LogP contribution in [0.25, 0.3) is 22.5 Å². The number of carboxylic acids is 1. The van der Waals surface area contributed by atoms with Crippen molar-refractivity contribution in [2.24, 2.45) is 0 Å². The highest BCUT2D eigenvalue weighted by Gasteiger charge is 2.17. The Balaban J connectivity index is 1.75. The average Bonchev–Trinajstić information content (AvgIpc) is 3.04. The molecule has 1 heterocycles. The molecule has 4 nitrogen and oxygen atoms in total. The van der Waals surface area contributed by atoms with Gasteiger partial charge in [0, 0.05) is 24.1 Å². The Morgan fingerprint density at radius 1 is 0.857 bits per heavy atom. The summed E-state index contributed by atoms with van der Waals surface area (Å²) in [5.41, 5.74) is 4.53. The van der Waals surface area contributed by atoms with Crippen LogP contribution in [0.5, 0.6) is 0 Å². The van der Waals surface area contributed by atoms with Crippen LogP contribution in [0, 0.1) is 6.92 Å². The molecule has 1 N–H and O–H groups in total. The van der Waals surface area contributed by atoms with Crippen LogP contribution in [0.15, 0.2) is 60.7 Å².